The zero-order valence-electron chi connectivity index (χ0n) is 9.76. The lowest BCUT2D eigenvalue weighted by Crippen LogP contribution is -2.46. The summed E-state index contributed by atoms with van der Waals surface area (Å²) < 4.78 is 0. The van der Waals surface area contributed by atoms with Gasteiger partial charge in [-0.3, -0.25) is 4.79 Å². The van der Waals surface area contributed by atoms with E-state index in [1.807, 2.05) is 13.8 Å². The third-order valence-electron chi connectivity index (χ3n) is 2.74. The van der Waals surface area contributed by atoms with Crippen LogP contribution in [0.1, 0.15) is 46.5 Å². The molecule has 0 aromatic heterocycles. The van der Waals surface area contributed by atoms with Gasteiger partial charge in [0.2, 0.25) is 0 Å². The molecule has 0 radical (unpaired) electrons. The molecule has 0 aliphatic rings. The van der Waals surface area contributed by atoms with Crippen LogP contribution in [0, 0.1) is 5.41 Å². The smallest absolute Gasteiger partial charge is 0.321 e. The van der Waals surface area contributed by atoms with E-state index in [1.54, 1.807) is 7.05 Å². The van der Waals surface area contributed by atoms with Crippen molar-refractivity contribution in [3.8, 4) is 0 Å². The molecule has 1 unspecified atom stereocenters. The molecule has 0 aromatic carbocycles. The molecule has 0 aliphatic carbocycles. The summed E-state index contributed by atoms with van der Waals surface area (Å²) in [7, 11) is 1.71. The molecular formula is C11H23NO2. The first-order valence-electron chi connectivity index (χ1n) is 5.35. The minimum atomic E-state index is -0.756. The number of unbranched alkanes of at least 4 members (excludes halogenated alkanes) is 2. The minimum absolute atomic E-state index is 0.171. The van der Waals surface area contributed by atoms with Gasteiger partial charge in [-0.05, 0) is 18.9 Å². The number of hydrogen-bond donors (Lipinski definition) is 2. The normalized spacial score (nSPS) is 14.0. The van der Waals surface area contributed by atoms with Crippen LogP contribution in [0.2, 0.25) is 0 Å². The molecule has 0 amide bonds. The Balaban J connectivity index is 4.18. The van der Waals surface area contributed by atoms with Crippen LogP contribution in [0.3, 0.4) is 0 Å². The van der Waals surface area contributed by atoms with Crippen LogP contribution >= 0.6 is 0 Å². The summed E-state index contributed by atoms with van der Waals surface area (Å²) >= 11 is 0. The average molecular weight is 201 g/mol. The van der Waals surface area contributed by atoms with E-state index in [1.165, 1.54) is 12.8 Å². The molecule has 2 N–H and O–H groups in total. The summed E-state index contributed by atoms with van der Waals surface area (Å²) in [4.78, 5) is 10.9. The SMILES string of the molecule is CCCCCC(C)(C)C(NC)C(=O)O. The molecule has 0 heterocycles. The van der Waals surface area contributed by atoms with Gasteiger partial charge in [0, 0.05) is 0 Å². The van der Waals surface area contributed by atoms with Crippen LogP contribution in [0.4, 0.5) is 0 Å². The Bertz CT molecular complexity index is 178. The highest BCUT2D eigenvalue weighted by Crippen LogP contribution is 2.28. The van der Waals surface area contributed by atoms with Crippen molar-refractivity contribution < 1.29 is 9.90 Å². The predicted molar refractivity (Wildman–Crippen MR) is 58.4 cm³/mol. The molecule has 1 atom stereocenters. The van der Waals surface area contributed by atoms with Crippen LogP contribution in [-0.2, 0) is 4.79 Å². The van der Waals surface area contributed by atoms with E-state index in [-0.39, 0.29) is 5.41 Å². The fraction of sp³-hybridized carbons (Fsp3) is 0.909. The van der Waals surface area contributed by atoms with Crippen molar-refractivity contribution in [2.24, 2.45) is 5.41 Å². The van der Waals surface area contributed by atoms with Crippen molar-refractivity contribution >= 4 is 5.97 Å². The first-order chi connectivity index (χ1) is 6.45. The molecule has 3 heteroatoms. The van der Waals surface area contributed by atoms with Crippen molar-refractivity contribution in [3.05, 3.63) is 0 Å². The summed E-state index contributed by atoms with van der Waals surface area (Å²) in [6.45, 7) is 6.18. The van der Waals surface area contributed by atoms with E-state index < -0.39 is 12.0 Å². The number of likely N-dealkylation sites (N-methyl/N-ethyl adjacent to an activating group) is 1. The highest BCUT2D eigenvalue weighted by Gasteiger charge is 2.33. The van der Waals surface area contributed by atoms with Crippen molar-refractivity contribution in [1.82, 2.24) is 5.32 Å². The highest BCUT2D eigenvalue weighted by atomic mass is 16.4. The Labute approximate surface area is 86.9 Å². The maximum Gasteiger partial charge on any atom is 0.321 e. The fourth-order valence-corrected chi connectivity index (χ4v) is 1.82. The van der Waals surface area contributed by atoms with Crippen molar-refractivity contribution in [2.75, 3.05) is 7.05 Å². The van der Waals surface area contributed by atoms with E-state index in [2.05, 4.69) is 12.2 Å². The lowest BCUT2D eigenvalue weighted by molar-refractivity contribution is -0.142. The summed E-state index contributed by atoms with van der Waals surface area (Å²) in [5.74, 6) is -0.756. The average Bonchev–Trinajstić information content (AvgIpc) is 2.04. The Morgan fingerprint density at radius 2 is 2.00 bits per heavy atom. The van der Waals surface area contributed by atoms with E-state index in [4.69, 9.17) is 5.11 Å². The lowest BCUT2D eigenvalue weighted by atomic mass is 9.79. The summed E-state index contributed by atoms with van der Waals surface area (Å²) in [5, 5.41) is 11.9. The fourth-order valence-electron chi connectivity index (χ4n) is 1.82. The van der Waals surface area contributed by atoms with Crippen LogP contribution in [0.15, 0.2) is 0 Å². The molecule has 0 fully saturated rings. The van der Waals surface area contributed by atoms with Crippen LogP contribution in [0.5, 0.6) is 0 Å². The molecule has 0 aromatic rings. The quantitative estimate of drug-likeness (QED) is 0.621. The third kappa shape index (κ3) is 4.09. The van der Waals surface area contributed by atoms with Crippen molar-refractivity contribution in [2.45, 2.75) is 52.5 Å². The van der Waals surface area contributed by atoms with Gasteiger partial charge in [-0.25, -0.2) is 0 Å². The van der Waals surface area contributed by atoms with E-state index >= 15 is 0 Å². The Kier molecular flexibility index (Phi) is 5.77. The zero-order valence-corrected chi connectivity index (χ0v) is 9.76. The molecule has 0 bridgehead atoms. The monoisotopic (exact) mass is 201 g/mol. The molecule has 0 spiro atoms. The number of rotatable bonds is 7. The van der Waals surface area contributed by atoms with Crippen LogP contribution < -0.4 is 5.32 Å². The maximum atomic E-state index is 10.9. The second-order valence-corrected chi connectivity index (χ2v) is 4.51. The topological polar surface area (TPSA) is 49.3 Å². The zero-order chi connectivity index (χ0) is 11.2. The second-order valence-electron chi connectivity index (χ2n) is 4.51. The number of carboxylic acid groups (broad SMARTS) is 1. The minimum Gasteiger partial charge on any atom is -0.480 e. The van der Waals surface area contributed by atoms with Crippen molar-refractivity contribution in [1.29, 1.82) is 0 Å². The molecule has 84 valence electrons. The molecule has 3 nitrogen and oxygen atoms in total. The van der Waals surface area contributed by atoms with Crippen LogP contribution in [0.25, 0.3) is 0 Å². The second kappa shape index (κ2) is 6.02. The first kappa shape index (κ1) is 13.4. The largest absolute Gasteiger partial charge is 0.480 e. The highest BCUT2D eigenvalue weighted by molar-refractivity contribution is 5.74. The summed E-state index contributed by atoms with van der Waals surface area (Å²) in [6, 6.07) is -0.445. The number of nitrogens with one attached hydrogen (secondary N) is 1. The lowest BCUT2D eigenvalue weighted by Gasteiger charge is -2.31. The van der Waals surface area contributed by atoms with Gasteiger partial charge in [0.05, 0.1) is 0 Å². The molecule has 0 rings (SSSR count). The van der Waals surface area contributed by atoms with Gasteiger partial charge in [-0.15, -0.1) is 0 Å². The first-order valence-corrected chi connectivity index (χ1v) is 5.35. The van der Waals surface area contributed by atoms with Crippen molar-refractivity contribution in [3.63, 3.8) is 0 Å². The molecule has 0 saturated carbocycles. The van der Waals surface area contributed by atoms with Gasteiger partial charge < -0.3 is 10.4 Å². The van der Waals surface area contributed by atoms with Gasteiger partial charge in [0.1, 0.15) is 6.04 Å². The van der Waals surface area contributed by atoms with E-state index in [0.29, 0.717) is 0 Å². The molecule has 0 saturated heterocycles. The van der Waals surface area contributed by atoms with Crippen LogP contribution in [-0.4, -0.2) is 24.2 Å². The van der Waals surface area contributed by atoms with Gasteiger partial charge in [0.15, 0.2) is 0 Å². The third-order valence-corrected chi connectivity index (χ3v) is 2.74. The Morgan fingerprint density at radius 1 is 1.43 bits per heavy atom. The Hall–Kier alpha value is -0.570. The van der Waals surface area contributed by atoms with Gasteiger partial charge in [-0.1, -0.05) is 40.0 Å². The molecule has 14 heavy (non-hydrogen) atoms. The number of hydrogen-bond acceptors (Lipinski definition) is 2. The number of aliphatic carboxylic acids is 1. The van der Waals surface area contributed by atoms with Gasteiger partial charge in [0.25, 0.3) is 0 Å². The maximum absolute atomic E-state index is 10.9. The molecular weight excluding hydrogens is 178 g/mol. The Morgan fingerprint density at radius 3 is 2.36 bits per heavy atom. The van der Waals surface area contributed by atoms with E-state index in [9.17, 15) is 4.79 Å². The number of carboxylic acids is 1. The summed E-state index contributed by atoms with van der Waals surface area (Å²) in [5.41, 5.74) is -0.171. The summed E-state index contributed by atoms with van der Waals surface area (Å²) in [6.07, 6.45) is 4.42. The van der Waals surface area contributed by atoms with Gasteiger partial charge >= 0.3 is 5.97 Å². The standard InChI is InChI=1S/C11H23NO2/c1-5-6-7-8-11(2,3)9(12-4)10(13)14/h9,12H,5-8H2,1-4H3,(H,13,14). The van der Waals surface area contributed by atoms with E-state index in [0.717, 1.165) is 12.8 Å². The number of carbonyl (C=O) groups is 1. The molecule has 0 aliphatic heterocycles. The van der Waals surface area contributed by atoms with Gasteiger partial charge in [-0.2, -0.15) is 0 Å². The predicted octanol–water partition coefficient (Wildman–Crippen LogP) is 2.27.